The molecular weight excluding hydrogens is 504 g/mol. The first kappa shape index (κ1) is 26.5. The molecule has 2 aromatic rings. The van der Waals surface area contributed by atoms with E-state index in [2.05, 4.69) is 0 Å². The fraction of sp³-hybridized carbons (Fsp3) is 0.448. The summed E-state index contributed by atoms with van der Waals surface area (Å²) in [4.78, 5) is 54.3. The minimum atomic E-state index is -1.35. The Morgan fingerprint density at radius 3 is 2.46 bits per heavy atom. The maximum absolute atomic E-state index is 13.1. The van der Waals surface area contributed by atoms with E-state index >= 15 is 0 Å². The highest BCUT2D eigenvalue weighted by molar-refractivity contribution is 5.95. The smallest absolute Gasteiger partial charge is 0.411 e. The Labute approximate surface area is 226 Å². The zero-order chi connectivity index (χ0) is 28.1. The van der Waals surface area contributed by atoms with Gasteiger partial charge in [-0.05, 0) is 38.5 Å². The van der Waals surface area contributed by atoms with Crippen LogP contribution in [0.2, 0.25) is 0 Å². The van der Waals surface area contributed by atoms with Crippen molar-refractivity contribution in [2.45, 2.75) is 63.4 Å². The molecule has 3 aliphatic heterocycles. The van der Waals surface area contributed by atoms with Crippen molar-refractivity contribution in [1.82, 2.24) is 4.90 Å². The number of ether oxygens (including phenoxy) is 4. The summed E-state index contributed by atoms with van der Waals surface area (Å²) in [5, 5.41) is 0. The van der Waals surface area contributed by atoms with Crippen LogP contribution in [-0.4, -0.2) is 73.2 Å². The molecule has 4 atom stereocenters. The van der Waals surface area contributed by atoms with Crippen LogP contribution in [0.5, 0.6) is 5.75 Å². The van der Waals surface area contributed by atoms with Crippen LogP contribution < -0.4 is 9.64 Å². The Kier molecular flexibility index (Phi) is 6.52. The van der Waals surface area contributed by atoms with Crippen molar-refractivity contribution >= 4 is 30.0 Å². The SMILES string of the molecule is COC(=O)c1cc(OCc2ccccc2)c2c(c1)N1C[C@H]3[C@@H]([C@@H]1[C@@]2(C=O)COC(C)=O)N3C(=O)OC(C)(C)C. The van der Waals surface area contributed by atoms with E-state index < -0.39 is 35.1 Å². The monoisotopic (exact) mass is 536 g/mol. The zero-order valence-electron chi connectivity index (χ0n) is 22.6. The summed E-state index contributed by atoms with van der Waals surface area (Å²) in [5.74, 6) is -0.780. The van der Waals surface area contributed by atoms with E-state index in [1.807, 2.05) is 35.2 Å². The molecule has 1 amide bonds. The molecule has 2 fully saturated rings. The summed E-state index contributed by atoms with van der Waals surface area (Å²) < 4.78 is 22.3. The van der Waals surface area contributed by atoms with Gasteiger partial charge in [-0.2, -0.15) is 0 Å². The number of amides is 1. The molecule has 0 bridgehead atoms. The van der Waals surface area contributed by atoms with E-state index in [4.69, 9.17) is 18.9 Å². The second kappa shape index (κ2) is 9.59. The van der Waals surface area contributed by atoms with Crippen molar-refractivity contribution in [1.29, 1.82) is 0 Å². The number of aldehydes is 1. The first-order chi connectivity index (χ1) is 18.5. The van der Waals surface area contributed by atoms with Crippen molar-refractivity contribution in [3.05, 3.63) is 59.2 Å². The quantitative estimate of drug-likeness (QED) is 0.228. The third kappa shape index (κ3) is 4.57. The maximum Gasteiger partial charge on any atom is 0.411 e. The molecule has 0 radical (unpaired) electrons. The Morgan fingerprint density at radius 1 is 1.13 bits per heavy atom. The number of methoxy groups -OCH3 is 1. The second-order valence-electron chi connectivity index (χ2n) is 11.1. The Balaban J connectivity index is 1.60. The first-order valence-corrected chi connectivity index (χ1v) is 12.8. The summed E-state index contributed by atoms with van der Waals surface area (Å²) in [6.07, 6.45) is 0.317. The highest BCUT2D eigenvalue weighted by Crippen LogP contribution is 2.59. The minimum Gasteiger partial charge on any atom is -0.488 e. The number of fused-ring (bicyclic) bond motifs is 5. The number of hydrogen-bond acceptors (Lipinski definition) is 9. The Hall–Kier alpha value is -4.08. The molecular formula is C29H32N2O8. The van der Waals surface area contributed by atoms with Gasteiger partial charge < -0.3 is 28.6 Å². The van der Waals surface area contributed by atoms with Crippen LogP contribution in [0.15, 0.2) is 42.5 Å². The molecule has 3 aliphatic rings. The van der Waals surface area contributed by atoms with Gasteiger partial charge in [0.25, 0.3) is 0 Å². The zero-order valence-corrected chi connectivity index (χ0v) is 22.6. The van der Waals surface area contributed by atoms with Crippen molar-refractivity contribution < 1.29 is 38.1 Å². The van der Waals surface area contributed by atoms with Gasteiger partial charge in [0.2, 0.25) is 0 Å². The van der Waals surface area contributed by atoms with Gasteiger partial charge in [-0.3, -0.25) is 9.69 Å². The van der Waals surface area contributed by atoms with Gasteiger partial charge in [0.15, 0.2) is 0 Å². The first-order valence-electron chi connectivity index (χ1n) is 12.8. The molecule has 10 heteroatoms. The lowest BCUT2D eigenvalue weighted by atomic mass is 9.76. The number of anilines is 1. The van der Waals surface area contributed by atoms with E-state index in [9.17, 15) is 19.2 Å². The highest BCUT2D eigenvalue weighted by atomic mass is 16.6. The van der Waals surface area contributed by atoms with Crippen molar-refractivity contribution in [2.75, 3.05) is 25.2 Å². The summed E-state index contributed by atoms with van der Waals surface area (Å²) in [5.41, 5.74) is 0.251. The van der Waals surface area contributed by atoms with E-state index in [0.717, 1.165) is 11.8 Å². The number of hydrogen-bond donors (Lipinski definition) is 0. The van der Waals surface area contributed by atoms with Crippen LogP contribution in [-0.2, 0) is 35.8 Å². The van der Waals surface area contributed by atoms with Gasteiger partial charge in [-0.25, -0.2) is 9.59 Å². The average Bonchev–Trinajstić information content (AvgIpc) is 3.35. The summed E-state index contributed by atoms with van der Waals surface area (Å²) in [6.45, 7) is 7.02. The molecule has 10 nitrogen and oxygen atoms in total. The minimum absolute atomic E-state index is 0.182. The lowest BCUT2D eigenvalue weighted by molar-refractivity contribution is -0.143. The molecule has 206 valence electrons. The second-order valence-corrected chi connectivity index (χ2v) is 11.1. The van der Waals surface area contributed by atoms with Crippen LogP contribution in [0.3, 0.4) is 0 Å². The van der Waals surface area contributed by atoms with Gasteiger partial charge in [-0.15, -0.1) is 0 Å². The molecule has 0 aliphatic carbocycles. The molecule has 0 aromatic heterocycles. The molecule has 0 unspecified atom stereocenters. The van der Waals surface area contributed by atoms with Crippen LogP contribution in [0.4, 0.5) is 10.5 Å². The van der Waals surface area contributed by atoms with Crippen molar-refractivity contribution in [3.63, 3.8) is 0 Å². The fourth-order valence-electron chi connectivity index (χ4n) is 5.83. The van der Waals surface area contributed by atoms with Crippen molar-refractivity contribution in [2.24, 2.45) is 0 Å². The van der Waals surface area contributed by atoms with E-state index in [1.165, 1.54) is 14.0 Å². The molecule has 0 spiro atoms. The molecule has 3 heterocycles. The van der Waals surface area contributed by atoms with Gasteiger partial charge in [-0.1, -0.05) is 30.3 Å². The summed E-state index contributed by atoms with van der Waals surface area (Å²) >= 11 is 0. The van der Waals surface area contributed by atoms with Gasteiger partial charge in [0, 0.05) is 24.7 Å². The normalized spacial score (nSPS) is 24.3. The van der Waals surface area contributed by atoms with Crippen LogP contribution >= 0.6 is 0 Å². The topological polar surface area (TPSA) is 111 Å². The van der Waals surface area contributed by atoms with Crippen molar-refractivity contribution in [3.8, 4) is 5.75 Å². The third-order valence-corrected chi connectivity index (χ3v) is 7.40. The van der Waals surface area contributed by atoms with Crippen LogP contribution in [0.25, 0.3) is 0 Å². The van der Waals surface area contributed by atoms with Crippen LogP contribution in [0, 0.1) is 0 Å². The molecule has 2 aromatic carbocycles. The number of carbonyl (C=O) groups is 4. The summed E-state index contributed by atoms with van der Waals surface area (Å²) in [7, 11) is 1.29. The molecule has 2 saturated heterocycles. The molecule has 5 rings (SSSR count). The number of esters is 2. The summed E-state index contributed by atoms with van der Waals surface area (Å²) in [6, 6.07) is 11.6. The Morgan fingerprint density at radius 2 is 1.85 bits per heavy atom. The number of nitrogens with zero attached hydrogens (tertiary/aromatic N) is 2. The molecule has 39 heavy (non-hydrogen) atoms. The van der Waals surface area contributed by atoms with Gasteiger partial charge in [0.05, 0.1) is 30.8 Å². The number of piperazine rings is 1. The van der Waals surface area contributed by atoms with Crippen LogP contribution in [0.1, 0.15) is 49.2 Å². The number of benzene rings is 2. The fourth-order valence-corrected chi connectivity index (χ4v) is 5.83. The van der Waals surface area contributed by atoms with E-state index in [1.54, 1.807) is 37.8 Å². The maximum atomic E-state index is 13.1. The highest BCUT2D eigenvalue weighted by Gasteiger charge is 2.72. The molecule has 0 N–H and O–H groups in total. The third-order valence-electron chi connectivity index (χ3n) is 7.40. The lowest BCUT2D eigenvalue weighted by Crippen LogP contribution is -2.52. The standard InChI is InChI=1S/C29H32N2O8/c1-17(33)38-16-29(15-32)23-20(30-13-21-24(25(29)30)31(21)27(35)39-28(2,3)4)11-19(26(34)36-5)12-22(23)37-14-18-9-7-6-8-10-18/h6-12,15,21,24-25H,13-14,16H2,1-5H3/t21-,24-,25+,29-,31?/m0/s1. The predicted octanol–water partition coefficient (Wildman–Crippen LogP) is 3.24. The Bertz CT molecular complexity index is 1320. The predicted molar refractivity (Wildman–Crippen MR) is 140 cm³/mol. The lowest BCUT2D eigenvalue weighted by Gasteiger charge is -2.34. The average molecular weight is 537 g/mol. The molecule has 0 saturated carbocycles. The van der Waals surface area contributed by atoms with Gasteiger partial charge in [0.1, 0.15) is 36.3 Å². The van der Waals surface area contributed by atoms with Gasteiger partial charge >= 0.3 is 18.0 Å². The van der Waals surface area contributed by atoms with E-state index in [-0.39, 0.29) is 30.9 Å². The number of carbonyl (C=O) groups excluding carboxylic acids is 4. The largest absolute Gasteiger partial charge is 0.488 e. The van der Waals surface area contributed by atoms with E-state index in [0.29, 0.717) is 23.5 Å². The number of rotatable bonds is 7.